The number of aliphatic hydroxyl groups is 1. The van der Waals surface area contributed by atoms with Crippen LogP contribution in [0.25, 0.3) is 0 Å². The van der Waals surface area contributed by atoms with E-state index in [9.17, 15) is 9.90 Å². The van der Waals surface area contributed by atoms with Gasteiger partial charge in [0.05, 0.1) is 12.1 Å². The summed E-state index contributed by atoms with van der Waals surface area (Å²) in [4.78, 5) is 16.7. The van der Waals surface area contributed by atoms with Crippen molar-refractivity contribution in [3.05, 3.63) is 101 Å². The SMILES string of the molecule is Cc1ncccc1COC(=O)NC(Cc1ccccc1)C(O)CCCc1ccccc1. The van der Waals surface area contributed by atoms with E-state index in [1.807, 2.05) is 67.6 Å². The molecule has 2 unspecified atom stereocenters. The molecular formula is C26H30N2O3. The van der Waals surface area contributed by atoms with E-state index in [0.717, 1.165) is 29.7 Å². The van der Waals surface area contributed by atoms with Crippen LogP contribution in [0.1, 0.15) is 35.2 Å². The van der Waals surface area contributed by atoms with Crippen molar-refractivity contribution in [2.45, 2.75) is 51.4 Å². The molecule has 3 aromatic rings. The minimum atomic E-state index is -0.670. The summed E-state index contributed by atoms with van der Waals surface area (Å²) in [5, 5.41) is 13.7. The molecule has 0 radical (unpaired) electrons. The Labute approximate surface area is 184 Å². The number of aryl methyl sites for hydroxylation is 2. The van der Waals surface area contributed by atoms with Crippen LogP contribution in [0.3, 0.4) is 0 Å². The number of carbonyl (C=O) groups is 1. The molecule has 0 saturated heterocycles. The minimum Gasteiger partial charge on any atom is -0.445 e. The Balaban J connectivity index is 1.57. The highest BCUT2D eigenvalue weighted by Crippen LogP contribution is 2.13. The van der Waals surface area contributed by atoms with E-state index in [1.165, 1.54) is 5.56 Å². The van der Waals surface area contributed by atoms with Gasteiger partial charge in [-0.05, 0) is 49.8 Å². The Morgan fingerprint density at radius 1 is 1.00 bits per heavy atom. The van der Waals surface area contributed by atoms with Gasteiger partial charge in [-0.2, -0.15) is 0 Å². The lowest BCUT2D eigenvalue weighted by Gasteiger charge is -2.24. The van der Waals surface area contributed by atoms with Crippen LogP contribution in [-0.2, 0) is 24.2 Å². The molecule has 162 valence electrons. The molecule has 0 saturated carbocycles. The zero-order valence-corrected chi connectivity index (χ0v) is 17.9. The maximum Gasteiger partial charge on any atom is 0.407 e. The van der Waals surface area contributed by atoms with Gasteiger partial charge in [-0.1, -0.05) is 66.7 Å². The molecule has 2 aromatic carbocycles. The number of amides is 1. The van der Waals surface area contributed by atoms with Crippen molar-refractivity contribution >= 4 is 6.09 Å². The highest BCUT2D eigenvalue weighted by atomic mass is 16.5. The largest absolute Gasteiger partial charge is 0.445 e. The third-order valence-electron chi connectivity index (χ3n) is 5.35. The molecule has 0 aliphatic carbocycles. The van der Waals surface area contributed by atoms with E-state index in [-0.39, 0.29) is 6.61 Å². The van der Waals surface area contributed by atoms with Crippen molar-refractivity contribution in [3.8, 4) is 0 Å². The molecule has 0 bridgehead atoms. The van der Waals surface area contributed by atoms with Crippen LogP contribution < -0.4 is 5.32 Å². The number of rotatable bonds is 10. The predicted molar refractivity (Wildman–Crippen MR) is 122 cm³/mol. The number of hydrogen-bond donors (Lipinski definition) is 2. The third kappa shape index (κ3) is 7.54. The molecule has 5 heteroatoms. The van der Waals surface area contributed by atoms with E-state index in [4.69, 9.17) is 4.74 Å². The number of benzene rings is 2. The normalized spacial score (nSPS) is 12.7. The van der Waals surface area contributed by atoms with Crippen LogP contribution in [0.2, 0.25) is 0 Å². The fraction of sp³-hybridized carbons (Fsp3) is 0.308. The lowest BCUT2D eigenvalue weighted by Crippen LogP contribution is -2.45. The average molecular weight is 419 g/mol. The molecule has 2 N–H and O–H groups in total. The first-order valence-electron chi connectivity index (χ1n) is 10.7. The molecule has 31 heavy (non-hydrogen) atoms. The van der Waals surface area contributed by atoms with Crippen molar-refractivity contribution in [2.24, 2.45) is 0 Å². The van der Waals surface area contributed by atoms with E-state index < -0.39 is 18.2 Å². The summed E-state index contributed by atoms with van der Waals surface area (Å²) in [6.45, 7) is 2.03. The van der Waals surface area contributed by atoms with E-state index >= 15 is 0 Å². The Hall–Kier alpha value is -3.18. The lowest BCUT2D eigenvalue weighted by molar-refractivity contribution is 0.0951. The number of alkyl carbamates (subject to hydrolysis) is 1. The number of aliphatic hydroxyl groups excluding tert-OH is 1. The third-order valence-corrected chi connectivity index (χ3v) is 5.35. The minimum absolute atomic E-state index is 0.146. The first-order valence-corrected chi connectivity index (χ1v) is 10.7. The lowest BCUT2D eigenvalue weighted by atomic mass is 9.96. The number of nitrogens with one attached hydrogen (secondary N) is 1. The second-order valence-electron chi connectivity index (χ2n) is 7.71. The fourth-order valence-electron chi connectivity index (χ4n) is 3.52. The summed E-state index contributed by atoms with van der Waals surface area (Å²) < 4.78 is 5.40. The molecule has 1 amide bonds. The summed E-state index contributed by atoms with van der Waals surface area (Å²) in [5.74, 6) is 0. The van der Waals surface area contributed by atoms with Crippen molar-refractivity contribution < 1.29 is 14.6 Å². The van der Waals surface area contributed by atoms with Gasteiger partial charge in [0.1, 0.15) is 6.61 Å². The average Bonchev–Trinajstić information content (AvgIpc) is 2.79. The monoisotopic (exact) mass is 418 g/mol. The van der Waals surface area contributed by atoms with E-state index in [2.05, 4.69) is 22.4 Å². The first kappa shape index (κ1) is 22.5. The standard InChI is InChI=1S/C26H30N2O3/c1-20-23(15-9-17-27-20)19-31-26(30)28-24(18-22-12-6-3-7-13-22)25(29)16-8-14-21-10-4-2-5-11-21/h2-7,9-13,15,17,24-25,29H,8,14,16,18-19H2,1H3,(H,28,30). The van der Waals surface area contributed by atoms with Crippen molar-refractivity contribution in [1.29, 1.82) is 0 Å². The van der Waals surface area contributed by atoms with Crippen LogP contribution in [0.5, 0.6) is 0 Å². The fourth-order valence-corrected chi connectivity index (χ4v) is 3.52. The van der Waals surface area contributed by atoms with Crippen molar-refractivity contribution in [2.75, 3.05) is 0 Å². The van der Waals surface area contributed by atoms with Gasteiger partial charge in [0, 0.05) is 17.5 Å². The zero-order chi connectivity index (χ0) is 21.9. The summed E-state index contributed by atoms with van der Waals surface area (Å²) in [5.41, 5.74) is 3.99. The Bertz CT molecular complexity index is 932. The van der Waals surface area contributed by atoms with Crippen molar-refractivity contribution in [1.82, 2.24) is 10.3 Å². The van der Waals surface area contributed by atoms with Gasteiger partial charge in [0.2, 0.25) is 0 Å². The molecule has 0 aliphatic rings. The van der Waals surface area contributed by atoms with Crippen LogP contribution in [0.15, 0.2) is 79.0 Å². The van der Waals surface area contributed by atoms with Crippen LogP contribution >= 0.6 is 0 Å². The number of aromatic nitrogens is 1. The van der Waals surface area contributed by atoms with Crippen LogP contribution in [0.4, 0.5) is 4.79 Å². The molecule has 0 spiro atoms. The maximum atomic E-state index is 12.5. The molecular weight excluding hydrogens is 388 g/mol. The van der Waals surface area contributed by atoms with Gasteiger partial charge < -0.3 is 15.2 Å². The van der Waals surface area contributed by atoms with E-state index in [0.29, 0.717) is 12.8 Å². The quantitative estimate of drug-likeness (QED) is 0.504. The van der Waals surface area contributed by atoms with Gasteiger partial charge in [-0.15, -0.1) is 0 Å². The molecule has 3 rings (SSSR count). The number of hydrogen-bond acceptors (Lipinski definition) is 4. The summed E-state index contributed by atoms with van der Waals surface area (Å²) in [7, 11) is 0. The highest BCUT2D eigenvalue weighted by molar-refractivity contribution is 5.67. The summed E-state index contributed by atoms with van der Waals surface area (Å²) in [6, 6.07) is 23.3. The van der Waals surface area contributed by atoms with Gasteiger partial charge in [-0.25, -0.2) is 4.79 Å². The Kier molecular flexibility index (Phi) is 8.61. The Morgan fingerprint density at radius 2 is 1.68 bits per heavy atom. The number of nitrogens with zero attached hydrogens (tertiary/aromatic N) is 1. The molecule has 0 aliphatic heterocycles. The zero-order valence-electron chi connectivity index (χ0n) is 17.9. The van der Waals surface area contributed by atoms with Crippen LogP contribution in [-0.4, -0.2) is 28.3 Å². The molecule has 0 fully saturated rings. The molecule has 2 atom stereocenters. The van der Waals surface area contributed by atoms with E-state index in [1.54, 1.807) is 6.20 Å². The molecule has 1 aromatic heterocycles. The number of pyridine rings is 1. The first-order chi connectivity index (χ1) is 15.1. The van der Waals surface area contributed by atoms with Gasteiger partial charge >= 0.3 is 6.09 Å². The topological polar surface area (TPSA) is 71.5 Å². The van der Waals surface area contributed by atoms with Gasteiger partial charge in [0.25, 0.3) is 0 Å². The Morgan fingerprint density at radius 3 is 2.35 bits per heavy atom. The van der Waals surface area contributed by atoms with Crippen LogP contribution in [0, 0.1) is 6.92 Å². The second kappa shape index (κ2) is 11.9. The summed E-state index contributed by atoms with van der Waals surface area (Å²) in [6.07, 6.45) is 3.36. The summed E-state index contributed by atoms with van der Waals surface area (Å²) >= 11 is 0. The molecule has 5 nitrogen and oxygen atoms in total. The van der Waals surface area contributed by atoms with Gasteiger partial charge in [0.15, 0.2) is 0 Å². The second-order valence-corrected chi connectivity index (χ2v) is 7.71. The predicted octanol–water partition coefficient (Wildman–Crippen LogP) is 4.61. The highest BCUT2D eigenvalue weighted by Gasteiger charge is 2.22. The maximum absolute atomic E-state index is 12.5. The smallest absolute Gasteiger partial charge is 0.407 e. The number of carbonyl (C=O) groups excluding carboxylic acids is 1. The molecule has 1 heterocycles. The van der Waals surface area contributed by atoms with Gasteiger partial charge in [-0.3, -0.25) is 4.98 Å². The van der Waals surface area contributed by atoms with Crippen molar-refractivity contribution in [3.63, 3.8) is 0 Å². The number of ether oxygens (including phenoxy) is 1.